The van der Waals surface area contributed by atoms with Crippen LogP contribution in [0.4, 0.5) is 0 Å². The third kappa shape index (κ3) is 1.64. The summed E-state index contributed by atoms with van der Waals surface area (Å²) in [4.78, 5) is 39.8. The first-order valence-corrected chi connectivity index (χ1v) is 7.04. The van der Waals surface area contributed by atoms with E-state index in [0.29, 0.717) is 40.3 Å². The molecule has 1 unspecified atom stereocenters. The molecule has 1 aliphatic rings. The molecule has 0 saturated carbocycles. The van der Waals surface area contributed by atoms with Crippen molar-refractivity contribution in [2.45, 2.75) is 18.9 Å². The van der Waals surface area contributed by atoms with Crippen molar-refractivity contribution < 1.29 is 4.79 Å². The highest BCUT2D eigenvalue weighted by Crippen LogP contribution is 2.28. The van der Waals surface area contributed by atoms with Gasteiger partial charge in [-0.3, -0.25) is 19.0 Å². The van der Waals surface area contributed by atoms with Crippen molar-refractivity contribution in [3.8, 4) is 0 Å². The number of amides is 1. The lowest BCUT2D eigenvalue weighted by Gasteiger charge is -2.24. The molecule has 3 heterocycles. The fourth-order valence-electron chi connectivity index (χ4n) is 3.22. The van der Waals surface area contributed by atoms with Gasteiger partial charge in [-0.05, 0) is 18.9 Å². The first-order chi connectivity index (χ1) is 10.6. The third-order valence-electron chi connectivity index (χ3n) is 4.19. The lowest BCUT2D eigenvalue weighted by molar-refractivity contribution is -0.124. The zero-order chi connectivity index (χ0) is 15.4. The first-order valence-electron chi connectivity index (χ1n) is 7.04. The lowest BCUT2D eigenvalue weighted by atomic mass is 10.0. The van der Waals surface area contributed by atoms with Gasteiger partial charge >= 0.3 is 0 Å². The Morgan fingerprint density at radius 1 is 1.23 bits per heavy atom. The molecule has 1 atom stereocenters. The van der Waals surface area contributed by atoms with Crippen LogP contribution in [0.3, 0.4) is 0 Å². The fraction of sp³-hybridized carbons (Fsp3) is 0.188. The molecule has 1 amide bonds. The Hall–Kier alpha value is -2.89. The second-order valence-electron chi connectivity index (χ2n) is 5.58. The Morgan fingerprint density at radius 2 is 2.05 bits per heavy atom. The van der Waals surface area contributed by atoms with E-state index in [1.807, 2.05) is 0 Å². The number of benzene rings is 1. The summed E-state index contributed by atoms with van der Waals surface area (Å²) in [7, 11) is 0. The maximum atomic E-state index is 12.7. The molecule has 1 saturated heterocycles. The highest BCUT2D eigenvalue weighted by atomic mass is 16.2. The van der Waals surface area contributed by atoms with E-state index in [2.05, 4.69) is 16.9 Å². The van der Waals surface area contributed by atoms with Gasteiger partial charge in [0, 0.05) is 29.4 Å². The molecule has 0 bridgehead atoms. The Labute approximate surface area is 124 Å². The van der Waals surface area contributed by atoms with E-state index in [-0.39, 0.29) is 16.9 Å². The number of H-pyrrole nitrogens is 1. The highest BCUT2D eigenvalue weighted by Gasteiger charge is 2.29. The fourth-order valence-corrected chi connectivity index (χ4v) is 3.22. The van der Waals surface area contributed by atoms with Gasteiger partial charge in [0.15, 0.2) is 5.43 Å². The molecular weight excluding hydrogens is 282 g/mol. The number of carbonyl (C=O) groups is 1. The Bertz CT molecular complexity index is 1040. The average molecular weight is 295 g/mol. The molecule has 0 radical (unpaired) electrons. The number of aromatic nitrogens is 2. The summed E-state index contributed by atoms with van der Waals surface area (Å²) in [6, 6.07) is 3.94. The Morgan fingerprint density at radius 3 is 2.82 bits per heavy atom. The Balaban J connectivity index is 2.08. The minimum absolute atomic E-state index is 0.198. The van der Waals surface area contributed by atoms with Crippen LogP contribution in [-0.2, 0) is 4.79 Å². The number of hydrogen-bond acceptors (Lipinski definition) is 3. The van der Waals surface area contributed by atoms with E-state index in [0.717, 1.165) is 0 Å². The molecule has 0 aliphatic carbocycles. The number of carbonyl (C=O) groups excluding carboxylic acids is 1. The van der Waals surface area contributed by atoms with Gasteiger partial charge in [0.05, 0.1) is 16.4 Å². The van der Waals surface area contributed by atoms with E-state index in [9.17, 15) is 14.4 Å². The largest absolute Gasteiger partial charge is 0.361 e. The van der Waals surface area contributed by atoms with Crippen molar-refractivity contribution >= 4 is 27.7 Å². The van der Waals surface area contributed by atoms with Crippen LogP contribution in [0.5, 0.6) is 0 Å². The molecule has 6 nitrogen and oxygen atoms in total. The molecular formula is C16H13N3O3. The zero-order valence-electron chi connectivity index (χ0n) is 11.7. The molecule has 1 aromatic carbocycles. The zero-order valence-corrected chi connectivity index (χ0v) is 11.7. The molecule has 2 N–H and O–H groups in total. The van der Waals surface area contributed by atoms with Crippen LogP contribution in [0.1, 0.15) is 18.9 Å². The SMILES string of the molecule is C=C1CCC(n2c(=O)c3cc[nH]c4cc(=O)cc2c43)C(=O)N1. The molecule has 4 rings (SSSR count). The summed E-state index contributed by atoms with van der Waals surface area (Å²) in [5.41, 5.74) is 1.33. The summed E-state index contributed by atoms with van der Waals surface area (Å²) in [6.45, 7) is 3.75. The number of hydrogen-bond donors (Lipinski definition) is 2. The van der Waals surface area contributed by atoms with E-state index >= 15 is 0 Å². The highest BCUT2D eigenvalue weighted by molar-refractivity contribution is 6.08. The standard InChI is InChI=1S/C16H13N3O3/c1-8-2-3-12(15(21)18-8)19-13-7-9(20)6-11-14(13)10(16(19)22)4-5-17-11/h4-7,12,17H,1-3H2,(H,18,21). The van der Waals surface area contributed by atoms with Crippen molar-refractivity contribution in [1.29, 1.82) is 0 Å². The Kier molecular flexibility index (Phi) is 2.51. The number of piperidine rings is 1. The number of allylic oxidation sites excluding steroid dienone is 1. The average Bonchev–Trinajstić information content (AvgIpc) is 2.74. The third-order valence-corrected chi connectivity index (χ3v) is 4.19. The van der Waals surface area contributed by atoms with Crippen LogP contribution in [0.25, 0.3) is 21.8 Å². The lowest BCUT2D eigenvalue weighted by Crippen LogP contribution is -2.39. The first kappa shape index (κ1) is 12.8. The van der Waals surface area contributed by atoms with Gasteiger partial charge in [-0.2, -0.15) is 0 Å². The van der Waals surface area contributed by atoms with Crippen LogP contribution in [0.15, 0.2) is 46.3 Å². The van der Waals surface area contributed by atoms with Crippen LogP contribution >= 0.6 is 0 Å². The van der Waals surface area contributed by atoms with E-state index in [1.165, 1.54) is 16.7 Å². The minimum atomic E-state index is -0.615. The predicted molar refractivity (Wildman–Crippen MR) is 83.1 cm³/mol. The molecule has 1 aliphatic heterocycles. The number of nitrogens with zero attached hydrogens (tertiary/aromatic N) is 1. The molecule has 1 fully saturated rings. The van der Waals surface area contributed by atoms with Crippen molar-refractivity contribution in [1.82, 2.24) is 14.9 Å². The second kappa shape index (κ2) is 4.30. The van der Waals surface area contributed by atoms with Gasteiger partial charge in [-0.25, -0.2) is 0 Å². The summed E-state index contributed by atoms with van der Waals surface area (Å²) >= 11 is 0. The molecule has 110 valence electrons. The number of pyridine rings is 1. The minimum Gasteiger partial charge on any atom is -0.361 e. The summed E-state index contributed by atoms with van der Waals surface area (Å²) in [6.07, 6.45) is 2.74. The van der Waals surface area contributed by atoms with E-state index in [1.54, 1.807) is 12.3 Å². The summed E-state index contributed by atoms with van der Waals surface area (Å²) in [5.74, 6) is -0.258. The van der Waals surface area contributed by atoms with Crippen molar-refractivity contribution in [2.75, 3.05) is 0 Å². The number of rotatable bonds is 1. The van der Waals surface area contributed by atoms with Gasteiger partial charge < -0.3 is 10.3 Å². The number of aromatic amines is 1. The van der Waals surface area contributed by atoms with Gasteiger partial charge in [0.25, 0.3) is 5.56 Å². The quantitative estimate of drug-likeness (QED) is 0.708. The van der Waals surface area contributed by atoms with Gasteiger partial charge in [-0.15, -0.1) is 0 Å². The van der Waals surface area contributed by atoms with Gasteiger partial charge in [0.2, 0.25) is 5.91 Å². The summed E-state index contributed by atoms with van der Waals surface area (Å²) in [5, 5.41) is 3.90. The van der Waals surface area contributed by atoms with Crippen LogP contribution < -0.4 is 16.3 Å². The van der Waals surface area contributed by atoms with Crippen molar-refractivity contribution in [3.63, 3.8) is 0 Å². The maximum Gasteiger partial charge on any atom is 0.259 e. The van der Waals surface area contributed by atoms with Crippen LogP contribution in [0.2, 0.25) is 0 Å². The van der Waals surface area contributed by atoms with Gasteiger partial charge in [0.1, 0.15) is 6.04 Å². The normalized spacial score (nSPS) is 19.0. The maximum absolute atomic E-state index is 12.7. The van der Waals surface area contributed by atoms with Crippen molar-refractivity contribution in [3.05, 3.63) is 57.2 Å². The molecule has 22 heavy (non-hydrogen) atoms. The summed E-state index contributed by atoms with van der Waals surface area (Å²) < 4.78 is 1.44. The molecule has 2 aromatic heterocycles. The van der Waals surface area contributed by atoms with Crippen molar-refractivity contribution in [2.24, 2.45) is 0 Å². The molecule has 3 aromatic rings. The number of nitrogens with one attached hydrogen (secondary N) is 2. The topological polar surface area (TPSA) is 84.0 Å². The second-order valence-corrected chi connectivity index (χ2v) is 5.58. The monoisotopic (exact) mass is 295 g/mol. The van der Waals surface area contributed by atoms with E-state index in [4.69, 9.17) is 0 Å². The molecule has 0 spiro atoms. The molecule has 6 heteroatoms. The van der Waals surface area contributed by atoms with Gasteiger partial charge in [-0.1, -0.05) is 6.58 Å². The van der Waals surface area contributed by atoms with Crippen LogP contribution in [-0.4, -0.2) is 15.5 Å². The predicted octanol–water partition coefficient (Wildman–Crippen LogP) is 1.25. The van der Waals surface area contributed by atoms with E-state index < -0.39 is 6.04 Å². The smallest absolute Gasteiger partial charge is 0.259 e. The van der Waals surface area contributed by atoms with Crippen LogP contribution in [0, 0.1) is 0 Å².